The number of carbonyl (C=O) groups is 1. The van der Waals surface area contributed by atoms with Gasteiger partial charge in [0.2, 0.25) is 5.91 Å². The number of hydrogen-bond donors (Lipinski definition) is 1. The summed E-state index contributed by atoms with van der Waals surface area (Å²) in [5.74, 6) is 1.56. The zero-order valence-corrected chi connectivity index (χ0v) is 10.0. The van der Waals surface area contributed by atoms with Gasteiger partial charge in [0, 0.05) is 19.6 Å². The number of nitrogens with zero attached hydrogens (tertiary/aromatic N) is 1. The first-order valence-electron chi connectivity index (χ1n) is 5.99. The summed E-state index contributed by atoms with van der Waals surface area (Å²) >= 11 is 1.86. The van der Waals surface area contributed by atoms with E-state index in [0.717, 1.165) is 39.0 Å². The summed E-state index contributed by atoms with van der Waals surface area (Å²) in [4.78, 5) is 14.2. The molecule has 86 valence electrons. The second kappa shape index (κ2) is 5.75. The van der Waals surface area contributed by atoms with Crippen LogP contribution in [0.3, 0.4) is 0 Å². The van der Waals surface area contributed by atoms with Gasteiger partial charge in [0.05, 0.1) is 5.25 Å². The van der Waals surface area contributed by atoms with Crippen LogP contribution in [-0.2, 0) is 4.79 Å². The van der Waals surface area contributed by atoms with Gasteiger partial charge in [-0.3, -0.25) is 4.79 Å². The minimum absolute atomic E-state index is 0.261. The smallest absolute Gasteiger partial charge is 0.235 e. The number of nitrogens with one attached hydrogen (secondary N) is 1. The molecule has 0 spiro atoms. The average molecular weight is 228 g/mol. The molecule has 2 aliphatic heterocycles. The van der Waals surface area contributed by atoms with Gasteiger partial charge in [-0.15, -0.1) is 11.8 Å². The van der Waals surface area contributed by atoms with Crippen LogP contribution in [-0.4, -0.2) is 48.0 Å². The van der Waals surface area contributed by atoms with Crippen molar-refractivity contribution in [2.75, 3.05) is 31.9 Å². The first kappa shape index (κ1) is 11.3. The van der Waals surface area contributed by atoms with E-state index in [2.05, 4.69) is 10.2 Å². The molecule has 1 unspecified atom stereocenters. The van der Waals surface area contributed by atoms with Crippen molar-refractivity contribution in [3.8, 4) is 0 Å². The Bertz CT molecular complexity index is 209. The van der Waals surface area contributed by atoms with Gasteiger partial charge >= 0.3 is 0 Å². The molecule has 15 heavy (non-hydrogen) atoms. The molecule has 0 aromatic rings. The third-order valence-electron chi connectivity index (χ3n) is 3.11. The summed E-state index contributed by atoms with van der Waals surface area (Å²) in [7, 11) is 0. The molecule has 0 aromatic carbocycles. The van der Waals surface area contributed by atoms with Crippen LogP contribution >= 0.6 is 11.8 Å². The maximum Gasteiger partial charge on any atom is 0.235 e. The summed E-state index contributed by atoms with van der Waals surface area (Å²) in [5, 5.41) is 3.60. The van der Waals surface area contributed by atoms with Crippen molar-refractivity contribution in [3.63, 3.8) is 0 Å². The molecule has 2 heterocycles. The van der Waals surface area contributed by atoms with E-state index in [1.807, 2.05) is 11.8 Å². The van der Waals surface area contributed by atoms with E-state index in [-0.39, 0.29) is 5.25 Å². The van der Waals surface area contributed by atoms with Crippen molar-refractivity contribution in [2.45, 2.75) is 30.9 Å². The number of thioether (sulfide) groups is 1. The number of amides is 1. The van der Waals surface area contributed by atoms with Gasteiger partial charge < -0.3 is 10.2 Å². The Hall–Kier alpha value is -0.220. The molecule has 1 amide bonds. The first-order chi connectivity index (χ1) is 7.38. The third kappa shape index (κ3) is 3.11. The lowest BCUT2D eigenvalue weighted by molar-refractivity contribution is -0.130. The highest BCUT2D eigenvalue weighted by molar-refractivity contribution is 8.00. The molecular formula is C11H20N2OS. The fraction of sp³-hybridized carbons (Fsp3) is 0.909. The lowest BCUT2D eigenvalue weighted by atomic mass is 10.1. The van der Waals surface area contributed by atoms with Crippen LogP contribution in [0.1, 0.15) is 25.7 Å². The maximum absolute atomic E-state index is 12.2. The summed E-state index contributed by atoms with van der Waals surface area (Å²) in [5.41, 5.74) is 0. The monoisotopic (exact) mass is 228 g/mol. The Kier molecular flexibility index (Phi) is 4.32. The fourth-order valence-corrected chi connectivity index (χ4v) is 3.49. The van der Waals surface area contributed by atoms with E-state index >= 15 is 0 Å². The molecule has 1 N–H and O–H groups in total. The predicted octanol–water partition coefficient (Wildman–Crippen LogP) is 1.09. The molecular weight excluding hydrogens is 208 g/mol. The molecule has 2 saturated heterocycles. The summed E-state index contributed by atoms with van der Waals surface area (Å²) < 4.78 is 0. The van der Waals surface area contributed by atoms with E-state index in [1.165, 1.54) is 18.6 Å². The normalized spacial score (nSPS) is 28.5. The van der Waals surface area contributed by atoms with Gasteiger partial charge in [-0.1, -0.05) is 6.42 Å². The van der Waals surface area contributed by atoms with Gasteiger partial charge in [-0.2, -0.15) is 0 Å². The lowest BCUT2D eigenvalue weighted by Crippen LogP contribution is -2.40. The van der Waals surface area contributed by atoms with Gasteiger partial charge in [0.15, 0.2) is 0 Å². The molecule has 2 aliphatic rings. The second-order valence-electron chi connectivity index (χ2n) is 4.28. The van der Waals surface area contributed by atoms with E-state index in [1.54, 1.807) is 0 Å². The van der Waals surface area contributed by atoms with Crippen LogP contribution < -0.4 is 5.32 Å². The van der Waals surface area contributed by atoms with Gasteiger partial charge in [0.1, 0.15) is 0 Å². The van der Waals surface area contributed by atoms with Crippen LogP contribution in [0.25, 0.3) is 0 Å². The van der Waals surface area contributed by atoms with Crippen LogP contribution in [0, 0.1) is 0 Å². The Balaban J connectivity index is 1.87. The standard InChI is InChI=1S/C11H20N2OS/c14-11(10-4-1-2-9-15-10)13-7-3-5-12-6-8-13/h10,12H,1-9H2. The third-order valence-corrected chi connectivity index (χ3v) is 4.47. The predicted molar refractivity (Wildman–Crippen MR) is 64.2 cm³/mol. The largest absolute Gasteiger partial charge is 0.340 e. The highest BCUT2D eigenvalue weighted by Gasteiger charge is 2.26. The van der Waals surface area contributed by atoms with Gasteiger partial charge in [-0.05, 0) is 31.6 Å². The van der Waals surface area contributed by atoms with Crippen molar-refractivity contribution in [2.24, 2.45) is 0 Å². The fourth-order valence-electron chi connectivity index (χ4n) is 2.21. The average Bonchev–Trinajstić information content (AvgIpc) is 2.58. The molecule has 3 nitrogen and oxygen atoms in total. The van der Waals surface area contributed by atoms with Crippen molar-refractivity contribution < 1.29 is 4.79 Å². The van der Waals surface area contributed by atoms with E-state index in [4.69, 9.17) is 0 Å². The highest BCUT2D eigenvalue weighted by atomic mass is 32.2. The lowest BCUT2D eigenvalue weighted by Gasteiger charge is -2.27. The minimum atomic E-state index is 0.261. The number of hydrogen-bond acceptors (Lipinski definition) is 3. The van der Waals surface area contributed by atoms with E-state index in [9.17, 15) is 4.79 Å². The van der Waals surface area contributed by atoms with E-state index in [0.29, 0.717) is 5.91 Å². The molecule has 0 saturated carbocycles. The topological polar surface area (TPSA) is 32.3 Å². The molecule has 0 aromatic heterocycles. The second-order valence-corrected chi connectivity index (χ2v) is 5.59. The maximum atomic E-state index is 12.2. The van der Waals surface area contributed by atoms with Crippen LogP contribution in [0.4, 0.5) is 0 Å². The molecule has 0 aliphatic carbocycles. The molecule has 2 fully saturated rings. The zero-order chi connectivity index (χ0) is 10.5. The Morgan fingerprint density at radius 2 is 2.13 bits per heavy atom. The van der Waals surface area contributed by atoms with Gasteiger partial charge in [0.25, 0.3) is 0 Å². The number of rotatable bonds is 1. The Morgan fingerprint density at radius 3 is 2.93 bits per heavy atom. The van der Waals surface area contributed by atoms with Crippen molar-refractivity contribution in [1.82, 2.24) is 10.2 Å². The minimum Gasteiger partial charge on any atom is -0.340 e. The van der Waals surface area contributed by atoms with Crippen LogP contribution in [0.15, 0.2) is 0 Å². The van der Waals surface area contributed by atoms with Crippen molar-refractivity contribution >= 4 is 17.7 Å². The Labute approximate surface area is 96.0 Å². The van der Waals surface area contributed by atoms with Gasteiger partial charge in [-0.25, -0.2) is 0 Å². The van der Waals surface area contributed by atoms with Crippen LogP contribution in [0.5, 0.6) is 0 Å². The first-order valence-corrected chi connectivity index (χ1v) is 7.04. The quantitative estimate of drug-likeness (QED) is 0.729. The molecule has 0 radical (unpaired) electrons. The zero-order valence-electron chi connectivity index (χ0n) is 9.21. The number of carbonyl (C=O) groups excluding carboxylic acids is 1. The highest BCUT2D eigenvalue weighted by Crippen LogP contribution is 2.26. The van der Waals surface area contributed by atoms with Crippen molar-refractivity contribution in [3.05, 3.63) is 0 Å². The summed E-state index contributed by atoms with van der Waals surface area (Å²) in [6, 6.07) is 0. The summed E-state index contributed by atoms with van der Waals surface area (Å²) in [6.45, 7) is 3.86. The SMILES string of the molecule is O=C(C1CCCCS1)N1CCCNCC1. The summed E-state index contributed by atoms with van der Waals surface area (Å²) in [6.07, 6.45) is 4.71. The van der Waals surface area contributed by atoms with Crippen LogP contribution in [0.2, 0.25) is 0 Å². The molecule has 2 rings (SSSR count). The molecule has 1 atom stereocenters. The molecule has 4 heteroatoms. The Morgan fingerprint density at radius 1 is 1.20 bits per heavy atom. The molecule has 0 bridgehead atoms. The van der Waals surface area contributed by atoms with Crippen molar-refractivity contribution in [1.29, 1.82) is 0 Å². The van der Waals surface area contributed by atoms with E-state index < -0.39 is 0 Å².